The van der Waals surface area contributed by atoms with Gasteiger partial charge in [0.15, 0.2) is 0 Å². The lowest BCUT2D eigenvalue weighted by Crippen LogP contribution is -2.02. The zero-order valence-electron chi connectivity index (χ0n) is 10.1. The molecule has 1 heterocycles. The lowest BCUT2D eigenvalue weighted by Gasteiger charge is -2.12. The van der Waals surface area contributed by atoms with Crippen LogP contribution in [0, 0.1) is 13.8 Å². The number of nitrogen functional groups attached to an aromatic ring is 1. The molecule has 0 aliphatic rings. The van der Waals surface area contributed by atoms with Gasteiger partial charge in [0.1, 0.15) is 0 Å². The molecule has 0 radical (unpaired) electrons. The first-order chi connectivity index (χ1) is 7.63. The number of benzene rings is 1. The summed E-state index contributed by atoms with van der Waals surface area (Å²) in [4.78, 5) is 0. The highest BCUT2D eigenvalue weighted by molar-refractivity contribution is 5.54. The number of nitrogens with zero attached hydrogens (tertiary/aromatic N) is 1. The zero-order chi connectivity index (χ0) is 11.7. The Kier molecular flexibility index (Phi) is 2.73. The summed E-state index contributed by atoms with van der Waals surface area (Å²) in [6.07, 6.45) is 1.03. The molecule has 0 bridgehead atoms. The van der Waals surface area contributed by atoms with Gasteiger partial charge in [-0.05, 0) is 50.1 Å². The van der Waals surface area contributed by atoms with Crippen LogP contribution >= 0.6 is 0 Å². The molecule has 0 spiro atoms. The van der Waals surface area contributed by atoms with Crippen molar-refractivity contribution in [3.8, 4) is 5.69 Å². The second kappa shape index (κ2) is 4.05. The summed E-state index contributed by atoms with van der Waals surface area (Å²) >= 11 is 0. The van der Waals surface area contributed by atoms with Gasteiger partial charge >= 0.3 is 0 Å². The maximum Gasteiger partial charge on any atom is 0.0475 e. The monoisotopic (exact) mass is 214 g/mol. The summed E-state index contributed by atoms with van der Waals surface area (Å²) in [5.74, 6) is 0. The van der Waals surface area contributed by atoms with Crippen molar-refractivity contribution >= 4 is 5.69 Å². The largest absolute Gasteiger partial charge is 0.398 e. The summed E-state index contributed by atoms with van der Waals surface area (Å²) < 4.78 is 2.26. The SMILES string of the molecule is CCc1ccc(C)n1-c1ccc(C)c(N)c1. The third kappa shape index (κ3) is 1.71. The van der Waals surface area contributed by atoms with E-state index in [0.717, 1.165) is 23.4 Å². The predicted octanol–water partition coefficient (Wildman–Crippen LogP) is 3.24. The smallest absolute Gasteiger partial charge is 0.0475 e. The van der Waals surface area contributed by atoms with Crippen molar-refractivity contribution in [3.05, 3.63) is 47.3 Å². The normalized spacial score (nSPS) is 10.7. The highest BCUT2D eigenvalue weighted by Gasteiger charge is 2.06. The summed E-state index contributed by atoms with van der Waals surface area (Å²) in [7, 11) is 0. The van der Waals surface area contributed by atoms with Crippen LogP contribution in [-0.2, 0) is 6.42 Å². The summed E-state index contributed by atoms with van der Waals surface area (Å²) in [5, 5.41) is 0. The van der Waals surface area contributed by atoms with Crippen LogP contribution in [0.1, 0.15) is 23.9 Å². The van der Waals surface area contributed by atoms with Gasteiger partial charge in [-0.15, -0.1) is 0 Å². The van der Waals surface area contributed by atoms with E-state index in [-0.39, 0.29) is 0 Å². The molecule has 2 nitrogen and oxygen atoms in total. The van der Waals surface area contributed by atoms with Crippen LogP contribution in [0.3, 0.4) is 0 Å². The highest BCUT2D eigenvalue weighted by Crippen LogP contribution is 2.21. The predicted molar refractivity (Wildman–Crippen MR) is 69.0 cm³/mol. The Labute approximate surface area is 96.7 Å². The van der Waals surface area contributed by atoms with Gasteiger partial charge in [-0.3, -0.25) is 0 Å². The zero-order valence-corrected chi connectivity index (χ0v) is 10.1. The Morgan fingerprint density at radius 2 is 1.88 bits per heavy atom. The van der Waals surface area contributed by atoms with Crippen molar-refractivity contribution < 1.29 is 0 Å². The van der Waals surface area contributed by atoms with Crippen LogP contribution in [0.4, 0.5) is 5.69 Å². The fourth-order valence-electron chi connectivity index (χ4n) is 2.00. The first-order valence-electron chi connectivity index (χ1n) is 5.67. The van der Waals surface area contributed by atoms with E-state index in [1.807, 2.05) is 13.0 Å². The molecular formula is C14H18N2. The van der Waals surface area contributed by atoms with Crippen LogP contribution in [0.5, 0.6) is 0 Å². The first-order valence-corrected chi connectivity index (χ1v) is 5.67. The topological polar surface area (TPSA) is 30.9 Å². The van der Waals surface area contributed by atoms with E-state index in [4.69, 9.17) is 5.73 Å². The van der Waals surface area contributed by atoms with Gasteiger partial charge in [-0.1, -0.05) is 13.0 Å². The molecule has 2 heteroatoms. The van der Waals surface area contributed by atoms with Gasteiger partial charge in [0.05, 0.1) is 0 Å². The standard InChI is InChI=1S/C14H18N2/c1-4-12-8-6-11(3)16(12)13-7-5-10(2)14(15)9-13/h5-9H,4,15H2,1-3H3. The first kappa shape index (κ1) is 10.8. The maximum atomic E-state index is 5.95. The molecule has 0 fully saturated rings. The molecular weight excluding hydrogens is 196 g/mol. The van der Waals surface area contributed by atoms with E-state index in [0.29, 0.717) is 0 Å². The third-order valence-corrected chi connectivity index (χ3v) is 3.04. The average Bonchev–Trinajstić information content (AvgIpc) is 2.64. The minimum Gasteiger partial charge on any atom is -0.398 e. The van der Waals surface area contributed by atoms with Crippen molar-refractivity contribution in [3.63, 3.8) is 0 Å². The fraction of sp³-hybridized carbons (Fsp3) is 0.286. The minimum atomic E-state index is 0.854. The van der Waals surface area contributed by atoms with E-state index < -0.39 is 0 Å². The molecule has 2 rings (SSSR count). The van der Waals surface area contributed by atoms with Crippen LogP contribution < -0.4 is 5.73 Å². The summed E-state index contributed by atoms with van der Waals surface area (Å²) in [5.41, 5.74) is 11.7. The van der Waals surface area contributed by atoms with E-state index in [1.54, 1.807) is 0 Å². The van der Waals surface area contributed by atoms with Crippen molar-refractivity contribution in [1.82, 2.24) is 4.57 Å². The minimum absolute atomic E-state index is 0.854. The average molecular weight is 214 g/mol. The number of rotatable bonds is 2. The second-order valence-corrected chi connectivity index (χ2v) is 4.20. The van der Waals surface area contributed by atoms with Gasteiger partial charge in [0.25, 0.3) is 0 Å². The van der Waals surface area contributed by atoms with Crippen LogP contribution in [0.25, 0.3) is 5.69 Å². The maximum absolute atomic E-state index is 5.95. The van der Waals surface area contributed by atoms with Gasteiger partial charge in [-0.2, -0.15) is 0 Å². The van der Waals surface area contributed by atoms with Crippen LogP contribution in [0.2, 0.25) is 0 Å². The molecule has 0 atom stereocenters. The molecule has 84 valence electrons. The molecule has 0 saturated carbocycles. The number of anilines is 1. The molecule has 0 aliphatic carbocycles. The van der Waals surface area contributed by atoms with Crippen LogP contribution in [-0.4, -0.2) is 4.57 Å². The van der Waals surface area contributed by atoms with Crippen molar-refractivity contribution in [2.75, 3.05) is 5.73 Å². The Morgan fingerprint density at radius 1 is 1.12 bits per heavy atom. The number of hydrogen-bond acceptors (Lipinski definition) is 1. The second-order valence-electron chi connectivity index (χ2n) is 4.20. The molecule has 16 heavy (non-hydrogen) atoms. The molecule has 0 amide bonds. The molecule has 1 aromatic carbocycles. The van der Waals surface area contributed by atoms with Crippen molar-refractivity contribution in [2.45, 2.75) is 27.2 Å². The van der Waals surface area contributed by atoms with Crippen molar-refractivity contribution in [1.29, 1.82) is 0 Å². The number of aromatic nitrogens is 1. The molecule has 0 unspecified atom stereocenters. The van der Waals surface area contributed by atoms with Gasteiger partial charge in [-0.25, -0.2) is 0 Å². The Morgan fingerprint density at radius 3 is 2.50 bits per heavy atom. The number of hydrogen-bond donors (Lipinski definition) is 1. The van der Waals surface area contributed by atoms with Gasteiger partial charge < -0.3 is 10.3 Å². The third-order valence-electron chi connectivity index (χ3n) is 3.04. The van der Waals surface area contributed by atoms with Crippen molar-refractivity contribution in [2.24, 2.45) is 0 Å². The number of nitrogens with two attached hydrogens (primary N) is 1. The van der Waals surface area contributed by atoms with Gasteiger partial charge in [0, 0.05) is 22.8 Å². The van der Waals surface area contributed by atoms with Crippen LogP contribution in [0.15, 0.2) is 30.3 Å². The molecule has 2 aromatic rings. The fourth-order valence-corrected chi connectivity index (χ4v) is 2.00. The van der Waals surface area contributed by atoms with E-state index in [2.05, 4.69) is 42.7 Å². The Balaban J connectivity index is 2.57. The molecule has 0 saturated heterocycles. The molecule has 0 aliphatic heterocycles. The Hall–Kier alpha value is -1.70. The highest BCUT2D eigenvalue weighted by atomic mass is 15.0. The van der Waals surface area contributed by atoms with E-state index >= 15 is 0 Å². The molecule has 2 N–H and O–H groups in total. The quantitative estimate of drug-likeness (QED) is 0.764. The molecule has 1 aromatic heterocycles. The summed E-state index contributed by atoms with van der Waals surface area (Å²) in [6.45, 7) is 6.32. The lowest BCUT2D eigenvalue weighted by atomic mass is 10.2. The van der Waals surface area contributed by atoms with E-state index in [9.17, 15) is 0 Å². The Bertz CT molecular complexity index is 509. The lowest BCUT2D eigenvalue weighted by molar-refractivity contribution is 0.906. The summed E-state index contributed by atoms with van der Waals surface area (Å²) in [6, 6.07) is 10.6. The number of aryl methyl sites for hydroxylation is 3. The van der Waals surface area contributed by atoms with Gasteiger partial charge in [0.2, 0.25) is 0 Å². The van der Waals surface area contributed by atoms with E-state index in [1.165, 1.54) is 11.4 Å².